The van der Waals surface area contributed by atoms with Gasteiger partial charge in [-0.05, 0) is 25.0 Å². The van der Waals surface area contributed by atoms with Crippen LogP contribution in [0.1, 0.15) is 19.3 Å². The number of halogens is 1. The molecule has 0 spiro atoms. The predicted molar refractivity (Wildman–Crippen MR) is 79.0 cm³/mol. The number of hydrogen-bond acceptors (Lipinski definition) is 4. The number of ether oxygens (including phenoxy) is 1. The molecule has 1 aromatic carbocycles. The number of amides is 2. The molecule has 2 fully saturated rings. The largest absolute Gasteiger partial charge is 0.455 e. The van der Waals surface area contributed by atoms with E-state index in [0.717, 1.165) is 12.8 Å². The van der Waals surface area contributed by atoms with Crippen LogP contribution in [0.25, 0.3) is 0 Å². The quantitative estimate of drug-likeness (QED) is 0.821. The fraction of sp³-hybridized carbons (Fsp3) is 0.438. The Morgan fingerprint density at radius 2 is 2.04 bits per heavy atom. The highest BCUT2D eigenvalue weighted by Gasteiger charge is 2.37. The average Bonchev–Trinajstić information content (AvgIpc) is 3.25. The zero-order valence-electron chi connectivity index (χ0n) is 12.5. The van der Waals surface area contributed by atoms with E-state index >= 15 is 0 Å². The third-order valence-electron chi connectivity index (χ3n) is 3.89. The third-order valence-corrected chi connectivity index (χ3v) is 3.89. The van der Waals surface area contributed by atoms with Gasteiger partial charge in [0.2, 0.25) is 5.91 Å². The Morgan fingerprint density at radius 1 is 1.30 bits per heavy atom. The minimum Gasteiger partial charge on any atom is -0.455 e. The first-order chi connectivity index (χ1) is 11.0. The van der Waals surface area contributed by atoms with Crippen LogP contribution in [0.4, 0.5) is 10.1 Å². The summed E-state index contributed by atoms with van der Waals surface area (Å²) in [7, 11) is 0. The zero-order chi connectivity index (χ0) is 16.4. The molecule has 0 aromatic heterocycles. The number of carbonyl (C=O) groups excluding carboxylic acids is 3. The van der Waals surface area contributed by atoms with E-state index in [-0.39, 0.29) is 43.1 Å². The molecule has 0 bridgehead atoms. The van der Waals surface area contributed by atoms with Crippen molar-refractivity contribution in [3.8, 4) is 0 Å². The van der Waals surface area contributed by atoms with Crippen LogP contribution in [0.5, 0.6) is 0 Å². The van der Waals surface area contributed by atoms with Crippen molar-refractivity contribution in [2.45, 2.75) is 25.3 Å². The molecule has 1 saturated carbocycles. The number of para-hydroxylation sites is 1. The van der Waals surface area contributed by atoms with E-state index in [4.69, 9.17) is 4.74 Å². The first-order valence-electron chi connectivity index (χ1n) is 7.55. The van der Waals surface area contributed by atoms with Gasteiger partial charge in [0, 0.05) is 19.0 Å². The van der Waals surface area contributed by atoms with Gasteiger partial charge in [0.1, 0.15) is 5.82 Å². The molecule has 1 aliphatic heterocycles. The fourth-order valence-electron chi connectivity index (χ4n) is 2.52. The molecule has 1 atom stereocenters. The Kier molecular flexibility index (Phi) is 4.27. The summed E-state index contributed by atoms with van der Waals surface area (Å²) >= 11 is 0. The second-order valence-electron chi connectivity index (χ2n) is 5.81. The Bertz CT molecular complexity index is 645. The van der Waals surface area contributed by atoms with Gasteiger partial charge in [0.15, 0.2) is 6.61 Å². The topological polar surface area (TPSA) is 75.7 Å². The zero-order valence-corrected chi connectivity index (χ0v) is 12.5. The minimum atomic E-state index is -0.684. The maximum absolute atomic E-state index is 13.8. The summed E-state index contributed by atoms with van der Waals surface area (Å²) in [4.78, 5) is 36.7. The lowest BCUT2D eigenvalue weighted by atomic mass is 10.1. The van der Waals surface area contributed by atoms with Crippen molar-refractivity contribution in [1.82, 2.24) is 5.32 Å². The van der Waals surface area contributed by atoms with Crippen LogP contribution in [0.3, 0.4) is 0 Å². The molecule has 3 rings (SSSR count). The number of esters is 1. The van der Waals surface area contributed by atoms with Gasteiger partial charge in [-0.15, -0.1) is 0 Å². The van der Waals surface area contributed by atoms with Crippen LogP contribution in [-0.4, -0.2) is 37.0 Å². The van der Waals surface area contributed by atoms with Crippen LogP contribution >= 0.6 is 0 Å². The Hall–Kier alpha value is -2.44. The van der Waals surface area contributed by atoms with Crippen molar-refractivity contribution in [2.75, 3.05) is 18.1 Å². The number of rotatable bonds is 5. The second-order valence-corrected chi connectivity index (χ2v) is 5.81. The number of carbonyl (C=O) groups is 3. The van der Waals surface area contributed by atoms with E-state index in [1.807, 2.05) is 0 Å². The summed E-state index contributed by atoms with van der Waals surface area (Å²) in [6.45, 7) is -0.289. The van der Waals surface area contributed by atoms with E-state index in [1.54, 1.807) is 6.07 Å². The number of nitrogens with one attached hydrogen (secondary N) is 1. The lowest BCUT2D eigenvalue weighted by Crippen LogP contribution is -2.32. The lowest BCUT2D eigenvalue weighted by Gasteiger charge is -2.17. The van der Waals surface area contributed by atoms with Gasteiger partial charge in [-0.1, -0.05) is 12.1 Å². The molecular weight excluding hydrogens is 303 g/mol. The van der Waals surface area contributed by atoms with E-state index in [9.17, 15) is 18.8 Å². The molecule has 1 heterocycles. The van der Waals surface area contributed by atoms with Gasteiger partial charge < -0.3 is 15.0 Å². The van der Waals surface area contributed by atoms with E-state index in [1.165, 1.54) is 23.1 Å². The average molecular weight is 320 g/mol. The summed E-state index contributed by atoms with van der Waals surface area (Å²) in [5.41, 5.74) is 0.152. The molecule has 2 aliphatic rings. The van der Waals surface area contributed by atoms with Crippen LogP contribution in [0.2, 0.25) is 0 Å². The molecule has 1 aromatic rings. The first kappa shape index (κ1) is 15.5. The number of nitrogens with zero attached hydrogens (tertiary/aromatic N) is 1. The van der Waals surface area contributed by atoms with E-state index < -0.39 is 17.7 Å². The number of benzene rings is 1. The van der Waals surface area contributed by atoms with Crippen LogP contribution in [0, 0.1) is 11.7 Å². The third kappa shape index (κ3) is 3.67. The fourth-order valence-corrected chi connectivity index (χ4v) is 2.52. The number of hydrogen-bond donors (Lipinski definition) is 1. The van der Waals surface area contributed by atoms with Crippen molar-refractivity contribution in [3.63, 3.8) is 0 Å². The molecule has 2 amide bonds. The molecule has 1 aliphatic carbocycles. The van der Waals surface area contributed by atoms with Gasteiger partial charge in [0.25, 0.3) is 5.91 Å². The van der Waals surface area contributed by atoms with E-state index in [2.05, 4.69) is 5.32 Å². The van der Waals surface area contributed by atoms with Gasteiger partial charge in [0.05, 0.1) is 11.6 Å². The van der Waals surface area contributed by atoms with Crippen LogP contribution in [-0.2, 0) is 19.1 Å². The minimum absolute atomic E-state index is 0.0442. The highest BCUT2D eigenvalue weighted by atomic mass is 19.1. The maximum Gasteiger partial charge on any atom is 0.311 e. The van der Waals surface area contributed by atoms with Crippen molar-refractivity contribution in [3.05, 3.63) is 30.1 Å². The summed E-state index contributed by atoms with van der Waals surface area (Å²) in [6.07, 6.45) is 1.86. The summed E-state index contributed by atoms with van der Waals surface area (Å²) in [5.74, 6) is -2.48. The standard InChI is InChI=1S/C16H17FN2O4/c17-12-3-1-2-4-13(12)19-8-10(7-15(19)21)16(22)23-9-14(20)18-11-5-6-11/h1-4,10-11H,5-9H2,(H,18,20)/t10-/m1/s1. The SMILES string of the molecule is O=C(COC(=O)[C@@H]1CC(=O)N(c2ccccc2F)C1)NC1CC1. The lowest BCUT2D eigenvalue weighted by molar-refractivity contribution is -0.152. The summed E-state index contributed by atoms with van der Waals surface area (Å²) < 4.78 is 18.7. The monoisotopic (exact) mass is 320 g/mol. The molecule has 0 unspecified atom stereocenters. The van der Waals surface area contributed by atoms with Crippen molar-refractivity contribution >= 4 is 23.5 Å². The molecular formula is C16H17FN2O4. The Labute approximate surface area is 132 Å². The van der Waals surface area contributed by atoms with Crippen LogP contribution < -0.4 is 10.2 Å². The van der Waals surface area contributed by atoms with Crippen molar-refractivity contribution < 1.29 is 23.5 Å². The second kappa shape index (κ2) is 6.36. The maximum atomic E-state index is 13.8. The molecule has 1 saturated heterocycles. The van der Waals surface area contributed by atoms with Crippen molar-refractivity contribution in [1.29, 1.82) is 0 Å². The molecule has 0 radical (unpaired) electrons. The predicted octanol–water partition coefficient (Wildman–Crippen LogP) is 1.00. The van der Waals surface area contributed by atoms with Gasteiger partial charge >= 0.3 is 5.97 Å². The highest BCUT2D eigenvalue weighted by Crippen LogP contribution is 2.27. The smallest absolute Gasteiger partial charge is 0.311 e. The molecule has 7 heteroatoms. The molecule has 23 heavy (non-hydrogen) atoms. The highest BCUT2D eigenvalue weighted by molar-refractivity contribution is 5.99. The Balaban J connectivity index is 1.55. The number of anilines is 1. The summed E-state index contributed by atoms with van der Waals surface area (Å²) in [5, 5.41) is 2.71. The van der Waals surface area contributed by atoms with Crippen molar-refractivity contribution in [2.24, 2.45) is 5.92 Å². The van der Waals surface area contributed by atoms with Gasteiger partial charge in [-0.2, -0.15) is 0 Å². The van der Waals surface area contributed by atoms with Crippen LogP contribution in [0.15, 0.2) is 24.3 Å². The van der Waals surface area contributed by atoms with Gasteiger partial charge in [-0.25, -0.2) is 4.39 Å². The molecule has 122 valence electrons. The first-order valence-corrected chi connectivity index (χ1v) is 7.55. The van der Waals surface area contributed by atoms with E-state index in [0.29, 0.717) is 0 Å². The molecule has 1 N–H and O–H groups in total. The summed E-state index contributed by atoms with van der Waals surface area (Å²) in [6, 6.07) is 6.11. The Morgan fingerprint density at radius 3 is 2.74 bits per heavy atom. The molecule has 6 nitrogen and oxygen atoms in total. The van der Waals surface area contributed by atoms with Gasteiger partial charge in [-0.3, -0.25) is 14.4 Å². The normalized spacial score (nSPS) is 20.5.